The van der Waals surface area contributed by atoms with E-state index in [1.807, 2.05) is 6.92 Å². The monoisotopic (exact) mass is 234 g/mol. The van der Waals surface area contributed by atoms with Gasteiger partial charge < -0.3 is 10.5 Å². The van der Waals surface area contributed by atoms with Crippen LogP contribution in [0.25, 0.3) is 11.4 Å². The first-order valence-electron chi connectivity index (χ1n) is 5.09. The van der Waals surface area contributed by atoms with Crippen LogP contribution in [0.15, 0.2) is 24.3 Å². The molecular weight excluding hydrogens is 223 g/mol. The van der Waals surface area contributed by atoms with Crippen LogP contribution < -0.4 is 10.5 Å². The van der Waals surface area contributed by atoms with Crippen LogP contribution in [0.5, 0.6) is 6.01 Å². The van der Waals surface area contributed by atoms with Gasteiger partial charge in [-0.15, -0.1) is 0 Å². The lowest BCUT2D eigenvalue weighted by atomic mass is 10.2. The summed E-state index contributed by atoms with van der Waals surface area (Å²) in [6, 6.07) is 6.07. The van der Waals surface area contributed by atoms with Crippen LogP contribution in [0.2, 0.25) is 0 Å². The third-order valence-corrected chi connectivity index (χ3v) is 1.99. The van der Waals surface area contributed by atoms with E-state index in [2.05, 4.69) is 15.0 Å². The largest absolute Gasteiger partial charge is 0.464 e. The molecule has 88 valence electrons. The van der Waals surface area contributed by atoms with Crippen molar-refractivity contribution >= 4 is 5.95 Å². The molecule has 0 aliphatic heterocycles. The molecule has 0 bridgehead atoms. The molecule has 6 heteroatoms. The van der Waals surface area contributed by atoms with Gasteiger partial charge in [-0.25, -0.2) is 4.39 Å². The molecule has 17 heavy (non-hydrogen) atoms. The van der Waals surface area contributed by atoms with Gasteiger partial charge in [-0.05, 0) is 19.1 Å². The van der Waals surface area contributed by atoms with Crippen molar-refractivity contribution in [1.82, 2.24) is 15.0 Å². The maximum Gasteiger partial charge on any atom is 0.321 e. The van der Waals surface area contributed by atoms with Gasteiger partial charge in [-0.2, -0.15) is 15.0 Å². The summed E-state index contributed by atoms with van der Waals surface area (Å²) in [4.78, 5) is 11.8. The van der Waals surface area contributed by atoms with E-state index in [-0.39, 0.29) is 17.8 Å². The number of nitrogens with two attached hydrogens (primary N) is 1. The lowest BCUT2D eigenvalue weighted by Crippen LogP contribution is -2.04. The molecule has 5 nitrogen and oxygen atoms in total. The minimum Gasteiger partial charge on any atom is -0.464 e. The predicted octanol–water partition coefficient (Wildman–Crippen LogP) is 1.66. The molecule has 0 unspecified atom stereocenters. The molecule has 2 aromatic rings. The Morgan fingerprint density at radius 2 is 2.12 bits per heavy atom. The van der Waals surface area contributed by atoms with Crippen molar-refractivity contribution in [3.63, 3.8) is 0 Å². The lowest BCUT2D eigenvalue weighted by molar-refractivity contribution is 0.312. The van der Waals surface area contributed by atoms with Gasteiger partial charge in [0.2, 0.25) is 5.95 Å². The van der Waals surface area contributed by atoms with Crippen LogP contribution in [0, 0.1) is 5.82 Å². The summed E-state index contributed by atoms with van der Waals surface area (Å²) in [5, 5.41) is 0. The smallest absolute Gasteiger partial charge is 0.321 e. The van der Waals surface area contributed by atoms with E-state index in [1.54, 1.807) is 12.1 Å². The van der Waals surface area contributed by atoms with Gasteiger partial charge in [0.25, 0.3) is 0 Å². The minimum absolute atomic E-state index is 0.0442. The van der Waals surface area contributed by atoms with Crippen LogP contribution in [0.3, 0.4) is 0 Å². The second-order valence-corrected chi connectivity index (χ2v) is 3.24. The Bertz CT molecular complexity index is 533. The van der Waals surface area contributed by atoms with Crippen LogP contribution in [-0.4, -0.2) is 21.6 Å². The van der Waals surface area contributed by atoms with Gasteiger partial charge in [0.05, 0.1) is 6.61 Å². The first kappa shape index (κ1) is 11.3. The van der Waals surface area contributed by atoms with Crippen LogP contribution in [0.1, 0.15) is 6.92 Å². The second kappa shape index (κ2) is 4.73. The first-order valence-corrected chi connectivity index (χ1v) is 5.09. The van der Waals surface area contributed by atoms with E-state index in [0.29, 0.717) is 18.0 Å². The quantitative estimate of drug-likeness (QED) is 0.874. The molecule has 2 rings (SSSR count). The average Bonchev–Trinajstić information content (AvgIpc) is 2.28. The molecule has 1 aromatic carbocycles. The summed E-state index contributed by atoms with van der Waals surface area (Å²) < 4.78 is 18.2. The SMILES string of the molecule is CCOc1nc(N)nc(-c2cccc(F)c2)n1. The van der Waals surface area contributed by atoms with Crippen LogP contribution in [0.4, 0.5) is 10.3 Å². The third-order valence-electron chi connectivity index (χ3n) is 1.99. The average molecular weight is 234 g/mol. The summed E-state index contributed by atoms with van der Waals surface area (Å²) in [7, 11) is 0. The molecular formula is C11H11FN4O. The zero-order valence-electron chi connectivity index (χ0n) is 9.22. The molecule has 0 radical (unpaired) electrons. The molecule has 0 aliphatic rings. The van der Waals surface area contributed by atoms with Gasteiger partial charge >= 0.3 is 6.01 Å². The molecule has 1 heterocycles. The molecule has 0 atom stereocenters. The Morgan fingerprint density at radius 1 is 1.29 bits per heavy atom. The van der Waals surface area contributed by atoms with Crippen molar-refractivity contribution in [1.29, 1.82) is 0 Å². The molecule has 0 saturated heterocycles. The minimum atomic E-state index is -0.362. The number of hydrogen-bond donors (Lipinski definition) is 1. The fourth-order valence-corrected chi connectivity index (χ4v) is 1.32. The second-order valence-electron chi connectivity index (χ2n) is 3.24. The summed E-state index contributed by atoms with van der Waals surface area (Å²) in [5.41, 5.74) is 6.06. The van der Waals surface area contributed by atoms with Gasteiger partial charge in [0.1, 0.15) is 5.82 Å². The van der Waals surface area contributed by atoms with Crippen LogP contribution in [-0.2, 0) is 0 Å². The Labute approximate surface area is 97.5 Å². The fraction of sp³-hybridized carbons (Fsp3) is 0.182. The van der Waals surface area contributed by atoms with E-state index < -0.39 is 0 Å². The molecule has 0 spiro atoms. The number of ether oxygens (including phenoxy) is 1. The number of nitrogen functional groups attached to an aromatic ring is 1. The van der Waals surface area contributed by atoms with Crippen molar-refractivity contribution < 1.29 is 9.13 Å². The van der Waals surface area contributed by atoms with Crippen LogP contribution >= 0.6 is 0 Å². The molecule has 1 aromatic heterocycles. The highest BCUT2D eigenvalue weighted by Crippen LogP contribution is 2.18. The van der Waals surface area contributed by atoms with Gasteiger partial charge in [-0.1, -0.05) is 12.1 Å². The number of aromatic nitrogens is 3. The zero-order chi connectivity index (χ0) is 12.3. The van der Waals surface area contributed by atoms with Gasteiger partial charge in [0, 0.05) is 5.56 Å². The van der Waals surface area contributed by atoms with E-state index in [1.165, 1.54) is 12.1 Å². The number of rotatable bonds is 3. The summed E-state index contributed by atoms with van der Waals surface area (Å²) in [6.07, 6.45) is 0. The normalized spacial score (nSPS) is 10.2. The molecule has 2 N–H and O–H groups in total. The molecule has 0 saturated carbocycles. The van der Waals surface area contributed by atoms with Gasteiger partial charge in [0.15, 0.2) is 5.82 Å². The first-order chi connectivity index (χ1) is 8.19. The van der Waals surface area contributed by atoms with Crippen molar-refractivity contribution in [3.8, 4) is 17.4 Å². The summed E-state index contributed by atoms with van der Waals surface area (Å²) in [5.74, 6) is -0.0254. The van der Waals surface area contributed by atoms with Gasteiger partial charge in [-0.3, -0.25) is 0 Å². The maximum atomic E-state index is 13.1. The highest BCUT2D eigenvalue weighted by molar-refractivity contribution is 5.56. The number of benzene rings is 1. The number of halogens is 1. The van der Waals surface area contributed by atoms with E-state index in [9.17, 15) is 4.39 Å². The number of anilines is 1. The fourth-order valence-electron chi connectivity index (χ4n) is 1.32. The van der Waals surface area contributed by atoms with Crippen molar-refractivity contribution in [2.75, 3.05) is 12.3 Å². The number of nitrogens with zero attached hydrogens (tertiary/aromatic N) is 3. The number of hydrogen-bond acceptors (Lipinski definition) is 5. The molecule has 0 amide bonds. The Morgan fingerprint density at radius 3 is 2.82 bits per heavy atom. The Kier molecular flexibility index (Phi) is 3.13. The summed E-state index contributed by atoms with van der Waals surface area (Å²) >= 11 is 0. The van der Waals surface area contributed by atoms with Crippen molar-refractivity contribution in [3.05, 3.63) is 30.1 Å². The van der Waals surface area contributed by atoms with E-state index in [0.717, 1.165) is 0 Å². The van der Waals surface area contributed by atoms with Crippen molar-refractivity contribution in [2.24, 2.45) is 0 Å². The van der Waals surface area contributed by atoms with Crippen molar-refractivity contribution in [2.45, 2.75) is 6.92 Å². The third kappa shape index (κ3) is 2.66. The van der Waals surface area contributed by atoms with E-state index in [4.69, 9.17) is 10.5 Å². The Hall–Kier alpha value is -2.24. The zero-order valence-corrected chi connectivity index (χ0v) is 9.22. The lowest BCUT2D eigenvalue weighted by Gasteiger charge is -2.04. The topological polar surface area (TPSA) is 73.9 Å². The Balaban J connectivity index is 2.44. The summed E-state index contributed by atoms with van der Waals surface area (Å²) in [6.45, 7) is 2.23. The van der Waals surface area contributed by atoms with E-state index >= 15 is 0 Å². The standard InChI is InChI=1S/C11H11FN4O/c1-2-17-11-15-9(14-10(13)16-11)7-4-3-5-8(12)6-7/h3-6H,2H2,1H3,(H2,13,14,15,16). The highest BCUT2D eigenvalue weighted by Gasteiger charge is 2.07. The maximum absolute atomic E-state index is 13.1. The predicted molar refractivity (Wildman–Crippen MR) is 60.8 cm³/mol. The molecule has 0 aliphatic carbocycles. The molecule has 0 fully saturated rings. The highest BCUT2D eigenvalue weighted by atomic mass is 19.1.